The van der Waals surface area contributed by atoms with Crippen LogP contribution in [0.4, 0.5) is 0 Å². The van der Waals surface area contributed by atoms with Gasteiger partial charge in [0, 0.05) is 39.9 Å². The standard InChI is InChI=1S/C42H32O11/c43-23-5-3-20(4-6-23)1-2-21-13-34(51)38-35(14-21)52-41(36(38)22-15-26(46)17-27(47)16-22)29-10-12-32(49)39-37(30-18-24(44)8-11-31(30)48)40(53-42(29)39)28-9-7-25(45)19-33(28)50/h1-19,36-37,40-41,43-51H/b2-1+/t36-,37-,40+,41+/m1/s1. The molecule has 0 bridgehead atoms. The molecule has 266 valence electrons. The summed E-state index contributed by atoms with van der Waals surface area (Å²) in [7, 11) is 0. The van der Waals surface area contributed by atoms with E-state index in [4.69, 9.17) is 9.47 Å². The number of phenolic OH excluding ortho intramolecular Hbond substituents is 9. The minimum Gasteiger partial charge on any atom is -0.508 e. The van der Waals surface area contributed by atoms with E-state index >= 15 is 0 Å². The molecule has 8 rings (SSSR count). The molecule has 2 heterocycles. The van der Waals surface area contributed by atoms with E-state index in [1.54, 1.807) is 54.6 Å². The van der Waals surface area contributed by atoms with Crippen molar-refractivity contribution in [3.63, 3.8) is 0 Å². The van der Waals surface area contributed by atoms with Gasteiger partial charge in [-0.05, 0) is 95.6 Å². The Morgan fingerprint density at radius 2 is 1.02 bits per heavy atom. The van der Waals surface area contributed by atoms with E-state index in [0.717, 1.165) is 11.6 Å². The van der Waals surface area contributed by atoms with Gasteiger partial charge in [-0.2, -0.15) is 0 Å². The van der Waals surface area contributed by atoms with E-state index in [9.17, 15) is 46.0 Å². The molecule has 0 amide bonds. The summed E-state index contributed by atoms with van der Waals surface area (Å²) >= 11 is 0. The second kappa shape index (κ2) is 12.6. The van der Waals surface area contributed by atoms with Crippen LogP contribution in [0.25, 0.3) is 12.2 Å². The van der Waals surface area contributed by atoms with Gasteiger partial charge in [0.25, 0.3) is 0 Å². The second-order valence-corrected chi connectivity index (χ2v) is 13.1. The lowest BCUT2D eigenvalue weighted by Gasteiger charge is -2.23. The Hall–Kier alpha value is -7.14. The first kappa shape index (κ1) is 33.0. The van der Waals surface area contributed by atoms with Crippen molar-refractivity contribution in [3.05, 3.63) is 148 Å². The summed E-state index contributed by atoms with van der Waals surface area (Å²) in [6, 6.07) is 24.8. The van der Waals surface area contributed by atoms with Gasteiger partial charge in [0.2, 0.25) is 0 Å². The molecule has 6 aromatic carbocycles. The van der Waals surface area contributed by atoms with Crippen molar-refractivity contribution >= 4 is 12.2 Å². The molecule has 6 aromatic rings. The summed E-state index contributed by atoms with van der Waals surface area (Å²) in [5.41, 5.74) is 3.12. The number of rotatable bonds is 6. The molecule has 0 radical (unpaired) electrons. The Morgan fingerprint density at radius 3 is 1.75 bits per heavy atom. The predicted molar refractivity (Wildman–Crippen MR) is 193 cm³/mol. The van der Waals surface area contributed by atoms with Crippen LogP contribution in [-0.4, -0.2) is 46.0 Å². The first-order valence-corrected chi connectivity index (χ1v) is 16.5. The molecule has 0 saturated heterocycles. The summed E-state index contributed by atoms with van der Waals surface area (Å²) in [5.74, 6) is -2.99. The van der Waals surface area contributed by atoms with Gasteiger partial charge in [-0.1, -0.05) is 24.3 Å². The summed E-state index contributed by atoms with van der Waals surface area (Å²) in [6.07, 6.45) is 1.48. The lowest BCUT2D eigenvalue weighted by molar-refractivity contribution is 0.191. The van der Waals surface area contributed by atoms with E-state index in [-0.39, 0.29) is 74.2 Å². The molecule has 0 spiro atoms. The molecule has 11 heteroatoms. The first-order valence-electron chi connectivity index (χ1n) is 16.5. The summed E-state index contributed by atoms with van der Waals surface area (Å²) in [6.45, 7) is 0. The van der Waals surface area contributed by atoms with Gasteiger partial charge in [0.15, 0.2) is 0 Å². The van der Waals surface area contributed by atoms with Gasteiger partial charge < -0.3 is 55.4 Å². The van der Waals surface area contributed by atoms with Crippen molar-refractivity contribution in [1.82, 2.24) is 0 Å². The van der Waals surface area contributed by atoms with Crippen LogP contribution >= 0.6 is 0 Å². The van der Waals surface area contributed by atoms with Gasteiger partial charge >= 0.3 is 0 Å². The highest BCUT2D eigenvalue weighted by Gasteiger charge is 2.47. The number of hydrogen-bond donors (Lipinski definition) is 9. The highest BCUT2D eigenvalue weighted by molar-refractivity contribution is 5.73. The Morgan fingerprint density at radius 1 is 0.396 bits per heavy atom. The normalized spacial score (nSPS) is 18.7. The molecule has 0 aromatic heterocycles. The van der Waals surface area contributed by atoms with Gasteiger partial charge in [-0.25, -0.2) is 0 Å². The Kier molecular flexibility index (Phi) is 7.83. The van der Waals surface area contributed by atoms with Crippen molar-refractivity contribution < 1.29 is 55.4 Å². The van der Waals surface area contributed by atoms with Crippen molar-refractivity contribution in [3.8, 4) is 63.2 Å². The quantitative estimate of drug-likeness (QED) is 0.0604. The zero-order valence-corrected chi connectivity index (χ0v) is 27.6. The van der Waals surface area contributed by atoms with Crippen molar-refractivity contribution in [2.75, 3.05) is 0 Å². The molecule has 0 aliphatic carbocycles. The fraction of sp³-hybridized carbons (Fsp3) is 0.0952. The smallest absolute Gasteiger partial charge is 0.139 e. The SMILES string of the molecule is Oc1ccc(/C=C/c2cc(O)c3c(c2)O[C@@H](c2ccc(O)c4c2O[C@@H](c2ccc(O)cc2O)[C@@H]4c2cc(O)ccc2O)[C@@H]3c2cc(O)cc(O)c2)cc1. The van der Waals surface area contributed by atoms with Crippen LogP contribution in [-0.2, 0) is 0 Å². The molecule has 4 atom stereocenters. The Balaban J connectivity index is 1.30. The number of fused-ring (bicyclic) bond motifs is 2. The maximum Gasteiger partial charge on any atom is 0.139 e. The molecule has 9 N–H and O–H groups in total. The van der Waals surface area contributed by atoms with Crippen LogP contribution in [0.1, 0.15) is 68.6 Å². The van der Waals surface area contributed by atoms with Gasteiger partial charge in [0.1, 0.15) is 75.5 Å². The van der Waals surface area contributed by atoms with Gasteiger partial charge in [-0.15, -0.1) is 0 Å². The Labute approximate surface area is 302 Å². The largest absolute Gasteiger partial charge is 0.508 e. The summed E-state index contributed by atoms with van der Waals surface area (Å²) in [5, 5.41) is 96.3. The van der Waals surface area contributed by atoms with E-state index in [2.05, 4.69) is 0 Å². The summed E-state index contributed by atoms with van der Waals surface area (Å²) < 4.78 is 13.3. The number of aromatic hydroxyl groups is 9. The Bertz CT molecular complexity index is 2420. The average Bonchev–Trinajstić information content (AvgIpc) is 3.69. The monoisotopic (exact) mass is 712 g/mol. The van der Waals surface area contributed by atoms with E-state index in [1.165, 1.54) is 54.6 Å². The van der Waals surface area contributed by atoms with Crippen LogP contribution < -0.4 is 9.47 Å². The highest BCUT2D eigenvalue weighted by Crippen LogP contribution is 2.61. The lowest BCUT2D eigenvalue weighted by atomic mass is 9.81. The van der Waals surface area contributed by atoms with Crippen LogP contribution in [0, 0.1) is 0 Å². The third-order valence-electron chi connectivity index (χ3n) is 9.69. The molecular formula is C42H32O11. The molecule has 0 unspecified atom stereocenters. The number of phenols is 9. The fourth-order valence-electron chi connectivity index (χ4n) is 7.39. The van der Waals surface area contributed by atoms with Crippen molar-refractivity contribution in [2.45, 2.75) is 24.0 Å². The van der Waals surface area contributed by atoms with Crippen LogP contribution in [0.15, 0.2) is 103 Å². The summed E-state index contributed by atoms with van der Waals surface area (Å²) in [4.78, 5) is 0. The van der Waals surface area contributed by atoms with E-state index in [0.29, 0.717) is 28.0 Å². The van der Waals surface area contributed by atoms with Crippen molar-refractivity contribution in [2.24, 2.45) is 0 Å². The maximum atomic E-state index is 11.6. The zero-order valence-electron chi connectivity index (χ0n) is 27.6. The molecule has 2 aliphatic rings. The highest BCUT2D eigenvalue weighted by atomic mass is 16.5. The predicted octanol–water partition coefficient (Wildman–Crippen LogP) is 7.74. The first-order chi connectivity index (χ1) is 25.4. The number of ether oxygens (including phenoxy) is 2. The maximum absolute atomic E-state index is 11.6. The molecule has 2 aliphatic heterocycles. The van der Waals surface area contributed by atoms with E-state index < -0.39 is 24.0 Å². The zero-order chi connectivity index (χ0) is 37.1. The van der Waals surface area contributed by atoms with E-state index in [1.807, 2.05) is 0 Å². The van der Waals surface area contributed by atoms with Crippen LogP contribution in [0.3, 0.4) is 0 Å². The molecule has 0 fully saturated rings. The topological polar surface area (TPSA) is 201 Å². The molecule has 0 saturated carbocycles. The van der Waals surface area contributed by atoms with Crippen LogP contribution in [0.2, 0.25) is 0 Å². The minimum atomic E-state index is -1.09. The average molecular weight is 713 g/mol. The van der Waals surface area contributed by atoms with Gasteiger partial charge in [0.05, 0.1) is 11.8 Å². The van der Waals surface area contributed by atoms with Gasteiger partial charge in [-0.3, -0.25) is 0 Å². The molecular weight excluding hydrogens is 680 g/mol. The minimum absolute atomic E-state index is 0.127. The van der Waals surface area contributed by atoms with Crippen LogP contribution in [0.5, 0.6) is 63.2 Å². The third kappa shape index (κ3) is 5.83. The molecule has 53 heavy (non-hydrogen) atoms. The fourth-order valence-corrected chi connectivity index (χ4v) is 7.39. The van der Waals surface area contributed by atoms with Crippen molar-refractivity contribution in [1.29, 1.82) is 0 Å². The lowest BCUT2D eigenvalue weighted by Crippen LogP contribution is -2.13. The third-order valence-corrected chi connectivity index (χ3v) is 9.69. The number of benzene rings is 6. The number of hydrogen-bond acceptors (Lipinski definition) is 11. The second-order valence-electron chi connectivity index (χ2n) is 13.1. The molecule has 11 nitrogen and oxygen atoms in total.